The predicted molar refractivity (Wildman–Crippen MR) is 80.8 cm³/mol. The Kier molecular flexibility index (Phi) is 6.06. The van der Waals surface area contributed by atoms with E-state index < -0.39 is 0 Å². The van der Waals surface area contributed by atoms with Crippen molar-refractivity contribution in [2.75, 3.05) is 19.7 Å². The van der Waals surface area contributed by atoms with Gasteiger partial charge in [0.15, 0.2) is 0 Å². The molecule has 3 nitrogen and oxygen atoms in total. The van der Waals surface area contributed by atoms with E-state index in [1.54, 1.807) is 12.1 Å². The third-order valence-electron chi connectivity index (χ3n) is 4.02. The fourth-order valence-corrected chi connectivity index (χ4v) is 2.73. The van der Waals surface area contributed by atoms with Crippen LogP contribution in [0, 0.1) is 0 Å². The van der Waals surface area contributed by atoms with Gasteiger partial charge in [0.1, 0.15) is 0 Å². The fraction of sp³-hybridized carbons (Fsp3) is 0.588. The summed E-state index contributed by atoms with van der Waals surface area (Å²) in [6.45, 7) is 5.19. The summed E-state index contributed by atoms with van der Waals surface area (Å²) < 4.78 is 5.29. The zero-order chi connectivity index (χ0) is 14.2. The number of piperidine rings is 1. The number of likely N-dealkylation sites (tertiary alicyclic amines) is 1. The van der Waals surface area contributed by atoms with Crippen molar-refractivity contribution in [3.05, 3.63) is 35.9 Å². The molecular formula is C17H25NO2. The number of carbonyl (C=O) groups is 1. The van der Waals surface area contributed by atoms with Crippen molar-refractivity contribution < 1.29 is 9.53 Å². The van der Waals surface area contributed by atoms with E-state index in [1.165, 1.54) is 25.8 Å². The lowest BCUT2D eigenvalue weighted by atomic mass is 10.0. The van der Waals surface area contributed by atoms with E-state index in [9.17, 15) is 4.79 Å². The summed E-state index contributed by atoms with van der Waals surface area (Å²) in [5, 5.41) is 0. The number of hydrogen-bond donors (Lipinski definition) is 0. The first-order valence-electron chi connectivity index (χ1n) is 7.73. The molecule has 20 heavy (non-hydrogen) atoms. The summed E-state index contributed by atoms with van der Waals surface area (Å²) in [4.78, 5) is 14.3. The van der Waals surface area contributed by atoms with Gasteiger partial charge in [-0.2, -0.15) is 0 Å². The van der Waals surface area contributed by atoms with Crippen LogP contribution in [0.15, 0.2) is 30.3 Å². The number of carbonyl (C=O) groups excluding carboxylic acids is 1. The second kappa shape index (κ2) is 8.05. The highest BCUT2D eigenvalue weighted by molar-refractivity contribution is 5.89. The summed E-state index contributed by atoms with van der Waals surface area (Å²) in [6.07, 6.45) is 6.07. The Labute approximate surface area is 121 Å². The summed E-state index contributed by atoms with van der Waals surface area (Å²) in [6, 6.07) is 9.91. The Morgan fingerprint density at radius 2 is 2.05 bits per heavy atom. The van der Waals surface area contributed by atoms with Crippen molar-refractivity contribution >= 4 is 5.97 Å². The molecule has 1 aliphatic heterocycles. The molecule has 0 aromatic heterocycles. The third-order valence-corrected chi connectivity index (χ3v) is 4.02. The molecular weight excluding hydrogens is 250 g/mol. The molecule has 0 aliphatic carbocycles. The van der Waals surface area contributed by atoms with E-state index in [4.69, 9.17) is 4.74 Å². The molecule has 0 N–H and O–H groups in total. The van der Waals surface area contributed by atoms with Crippen LogP contribution < -0.4 is 0 Å². The average Bonchev–Trinajstić information content (AvgIpc) is 2.49. The van der Waals surface area contributed by atoms with Crippen LogP contribution in [0.4, 0.5) is 0 Å². The van der Waals surface area contributed by atoms with Crippen molar-refractivity contribution in [1.29, 1.82) is 0 Å². The maximum atomic E-state index is 11.7. The molecule has 1 fully saturated rings. The van der Waals surface area contributed by atoms with Gasteiger partial charge in [0.25, 0.3) is 0 Å². The van der Waals surface area contributed by atoms with Crippen LogP contribution in [0.2, 0.25) is 0 Å². The van der Waals surface area contributed by atoms with E-state index in [2.05, 4.69) is 11.8 Å². The van der Waals surface area contributed by atoms with Crippen molar-refractivity contribution in [2.24, 2.45) is 0 Å². The summed E-state index contributed by atoms with van der Waals surface area (Å²) in [5.41, 5.74) is 0.636. The van der Waals surface area contributed by atoms with Crippen LogP contribution >= 0.6 is 0 Å². The molecule has 1 saturated heterocycles. The summed E-state index contributed by atoms with van der Waals surface area (Å²) in [5.74, 6) is -0.211. The molecule has 1 aliphatic rings. The maximum absolute atomic E-state index is 11.7. The van der Waals surface area contributed by atoms with E-state index in [-0.39, 0.29) is 5.97 Å². The molecule has 0 spiro atoms. The third kappa shape index (κ3) is 4.64. The molecule has 3 heteroatoms. The lowest BCUT2D eigenvalue weighted by Gasteiger charge is -2.33. The highest BCUT2D eigenvalue weighted by Gasteiger charge is 2.17. The van der Waals surface area contributed by atoms with Gasteiger partial charge in [-0.05, 0) is 57.8 Å². The fourth-order valence-electron chi connectivity index (χ4n) is 2.73. The van der Waals surface area contributed by atoms with E-state index in [0.29, 0.717) is 12.2 Å². The first-order valence-corrected chi connectivity index (χ1v) is 7.73. The number of hydrogen-bond acceptors (Lipinski definition) is 3. The predicted octanol–water partition coefficient (Wildman–Crippen LogP) is 3.50. The topological polar surface area (TPSA) is 29.5 Å². The van der Waals surface area contributed by atoms with Gasteiger partial charge in [0.05, 0.1) is 12.2 Å². The van der Waals surface area contributed by atoms with Crippen LogP contribution in [0.5, 0.6) is 0 Å². The minimum atomic E-state index is -0.211. The molecule has 0 saturated carbocycles. The molecule has 0 radical (unpaired) electrons. The number of rotatable bonds is 6. The molecule has 110 valence electrons. The number of unbranched alkanes of at least 4 members (excludes halogenated alkanes) is 1. The number of ether oxygens (including phenoxy) is 1. The van der Waals surface area contributed by atoms with Gasteiger partial charge in [0, 0.05) is 6.04 Å². The number of benzene rings is 1. The smallest absolute Gasteiger partial charge is 0.338 e. The molecule has 0 bridgehead atoms. The molecule has 0 unspecified atom stereocenters. The van der Waals surface area contributed by atoms with Gasteiger partial charge < -0.3 is 9.64 Å². The lowest BCUT2D eigenvalue weighted by Crippen LogP contribution is -2.38. The van der Waals surface area contributed by atoms with E-state index in [0.717, 1.165) is 25.4 Å². The van der Waals surface area contributed by atoms with Gasteiger partial charge in [-0.25, -0.2) is 4.79 Å². The van der Waals surface area contributed by atoms with Crippen molar-refractivity contribution in [3.63, 3.8) is 0 Å². The molecule has 1 atom stereocenters. The Morgan fingerprint density at radius 3 is 2.80 bits per heavy atom. The van der Waals surface area contributed by atoms with Gasteiger partial charge in [-0.3, -0.25) is 0 Å². The normalized spacial score (nSPS) is 19.8. The van der Waals surface area contributed by atoms with Crippen LogP contribution in [0.3, 0.4) is 0 Å². The molecule has 1 aromatic carbocycles. The second-order valence-electron chi connectivity index (χ2n) is 5.59. The van der Waals surface area contributed by atoms with Gasteiger partial charge >= 0.3 is 5.97 Å². The SMILES string of the molecule is C[C@H]1CCCCN1CCCCOC(=O)c1ccccc1. The molecule has 1 heterocycles. The minimum Gasteiger partial charge on any atom is -0.462 e. The first-order chi connectivity index (χ1) is 9.77. The minimum absolute atomic E-state index is 0.211. The van der Waals surface area contributed by atoms with Crippen molar-refractivity contribution in [3.8, 4) is 0 Å². The maximum Gasteiger partial charge on any atom is 0.338 e. The van der Waals surface area contributed by atoms with Crippen molar-refractivity contribution in [2.45, 2.75) is 45.1 Å². The van der Waals surface area contributed by atoms with Gasteiger partial charge in [-0.15, -0.1) is 0 Å². The Morgan fingerprint density at radius 1 is 1.25 bits per heavy atom. The van der Waals surface area contributed by atoms with Gasteiger partial charge in [0.2, 0.25) is 0 Å². The zero-order valence-corrected chi connectivity index (χ0v) is 12.4. The van der Waals surface area contributed by atoms with E-state index >= 15 is 0 Å². The highest BCUT2D eigenvalue weighted by Crippen LogP contribution is 2.16. The van der Waals surface area contributed by atoms with Crippen LogP contribution in [-0.2, 0) is 4.74 Å². The standard InChI is InChI=1S/C17H25NO2/c1-15-9-5-6-12-18(15)13-7-8-14-20-17(19)16-10-3-2-4-11-16/h2-4,10-11,15H,5-9,12-14H2,1H3/t15-/m0/s1. The van der Waals surface area contributed by atoms with Crippen LogP contribution in [-0.4, -0.2) is 36.6 Å². The Balaban J connectivity index is 1.58. The molecule has 0 amide bonds. The first kappa shape index (κ1) is 15.0. The zero-order valence-electron chi connectivity index (χ0n) is 12.4. The Hall–Kier alpha value is -1.35. The largest absolute Gasteiger partial charge is 0.462 e. The van der Waals surface area contributed by atoms with Crippen molar-refractivity contribution in [1.82, 2.24) is 4.90 Å². The summed E-state index contributed by atoms with van der Waals surface area (Å²) in [7, 11) is 0. The lowest BCUT2D eigenvalue weighted by molar-refractivity contribution is 0.0491. The monoisotopic (exact) mass is 275 g/mol. The van der Waals surface area contributed by atoms with Crippen LogP contribution in [0.25, 0.3) is 0 Å². The van der Waals surface area contributed by atoms with Gasteiger partial charge in [-0.1, -0.05) is 24.6 Å². The average molecular weight is 275 g/mol. The second-order valence-corrected chi connectivity index (χ2v) is 5.59. The van der Waals surface area contributed by atoms with E-state index in [1.807, 2.05) is 18.2 Å². The molecule has 2 rings (SSSR count). The van der Waals surface area contributed by atoms with Crippen LogP contribution in [0.1, 0.15) is 49.4 Å². The summed E-state index contributed by atoms with van der Waals surface area (Å²) >= 11 is 0. The number of nitrogens with zero attached hydrogens (tertiary/aromatic N) is 1. The highest BCUT2D eigenvalue weighted by atomic mass is 16.5. The Bertz CT molecular complexity index is 405. The number of esters is 1. The quantitative estimate of drug-likeness (QED) is 0.588. The molecule has 1 aromatic rings.